The van der Waals surface area contributed by atoms with Gasteiger partial charge in [0.1, 0.15) is 5.82 Å². The Morgan fingerprint density at radius 2 is 2.04 bits per heavy atom. The van der Waals surface area contributed by atoms with E-state index < -0.39 is 39.5 Å². The van der Waals surface area contributed by atoms with Gasteiger partial charge in [-0.2, -0.15) is 4.39 Å². The summed E-state index contributed by atoms with van der Waals surface area (Å²) in [4.78, 5) is 24.7. The van der Waals surface area contributed by atoms with Gasteiger partial charge in [-0.1, -0.05) is 0 Å². The molecule has 2 N–H and O–H groups in total. The number of halogens is 3. The fourth-order valence-electron chi connectivity index (χ4n) is 1.83. The van der Waals surface area contributed by atoms with Crippen molar-refractivity contribution < 1.29 is 23.6 Å². The van der Waals surface area contributed by atoms with Crippen molar-refractivity contribution in [2.24, 2.45) is 0 Å². The molecule has 0 radical (unpaired) electrons. The number of carbonyl (C=O) groups is 1. The quantitative estimate of drug-likeness (QED) is 0.432. The summed E-state index contributed by atoms with van der Waals surface area (Å²) < 4.78 is 28.6. The van der Waals surface area contributed by atoms with Gasteiger partial charge in [0.05, 0.1) is 16.2 Å². The number of nitrogens with zero attached hydrogens (tertiary/aromatic N) is 2. The lowest BCUT2D eigenvalue weighted by atomic mass is 10.1. The Bertz CT molecular complexity index is 829. The lowest BCUT2D eigenvalue weighted by Gasteiger charge is -2.12. The van der Waals surface area contributed by atoms with E-state index in [9.17, 15) is 23.7 Å². The maximum Gasteiger partial charge on any atom is 0.338 e. The zero-order valence-electron chi connectivity index (χ0n) is 11.4. The van der Waals surface area contributed by atoms with E-state index in [0.29, 0.717) is 11.6 Å². The van der Waals surface area contributed by atoms with Crippen molar-refractivity contribution in [3.63, 3.8) is 0 Å². The number of aryl methyl sites for hydroxylation is 1. The monoisotopic (exact) mass is 435 g/mol. The number of anilines is 2. The molecule has 0 fully saturated rings. The van der Waals surface area contributed by atoms with Crippen LogP contribution in [0, 0.1) is 32.2 Å². The van der Waals surface area contributed by atoms with Crippen molar-refractivity contribution in [2.75, 3.05) is 5.32 Å². The van der Waals surface area contributed by atoms with Gasteiger partial charge in [-0.25, -0.2) is 14.2 Å². The summed E-state index contributed by atoms with van der Waals surface area (Å²) in [5.41, 5.74) is -2.18. The first-order valence-corrected chi connectivity index (χ1v) is 7.09. The lowest BCUT2D eigenvalue weighted by Crippen LogP contribution is -2.10. The van der Waals surface area contributed by atoms with E-state index in [1.807, 2.05) is 22.6 Å². The van der Waals surface area contributed by atoms with Gasteiger partial charge in [-0.3, -0.25) is 10.1 Å². The molecule has 0 saturated heterocycles. The minimum Gasteiger partial charge on any atom is -0.478 e. The first-order valence-electron chi connectivity index (χ1n) is 6.01. The van der Waals surface area contributed by atoms with Crippen LogP contribution in [0.3, 0.4) is 0 Å². The minimum absolute atomic E-state index is 0.111. The number of benzene rings is 1. The zero-order valence-corrected chi connectivity index (χ0v) is 13.6. The van der Waals surface area contributed by atoms with E-state index >= 15 is 0 Å². The van der Waals surface area contributed by atoms with E-state index in [0.717, 1.165) is 3.57 Å². The third kappa shape index (κ3) is 3.36. The molecule has 0 aliphatic carbocycles. The first-order chi connectivity index (χ1) is 10.7. The average Bonchev–Trinajstić information content (AvgIpc) is 2.45. The molecule has 0 spiro atoms. The fourth-order valence-corrected chi connectivity index (χ4v) is 2.43. The van der Waals surface area contributed by atoms with Crippen molar-refractivity contribution in [2.45, 2.75) is 6.92 Å². The number of carboxylic acid groups (broad SMARTS) is 1. The highest BCUT2D eigenvalue weighted by molar-refractivity contribution is 14.1. The Morgan fingerprint density at radius 3 is 2.57 bits per heavy atom. The van der Waals surface area contributed by atoms with Gasteiger partial charge in [-0.15, -0.1) is 0 Å². The number of pyridine rings is 1. The van der Waals surface area contributed by atoms with Crippen LogP contribution in [-0.2, 0) is 0 Å². The molecule has 23 heavy (non-hydrogen) atoms. The summed E-state index contributed by atoms with van der Waals surface area (Å²) in [5.74, 6) is -4.93. The molecule has 0 aliphatic heterocycles. The first kappa shape index (κ1) is 17.0. The van der Waals surface area contributed by atoms with Crippen LogP contribution in [-0.4, -0.2) is 21.0 Å². The smallest absolute Gasteiger partial charge is 0.338 e. The number of carboxylic acids is 1. The van der Waals surface area contributed by atoms with Crippen LogP contribution >= 0.6 is 22.6 Å². The van der Waals surface area contributed by atoms with Crippen LogP contribution in [0.5, 0.6) is 0 Å². The van der Waals surface area contributed by atoms with E-state index in [1.165, 1.54) is 6.20 Å². The number of aromatic nitrogens is 1. The second kappa shape index (κ2) is 6.40. The van der Waals surface area contributed by atoms with E-state index in [2.05, 4.69) is 10.3 Å². The molecule has 7 nitrogen and oxygen atoms in total. The third-order valence-corrected chi connectivity index (χ3v) is 3.49. The van der Waals surface area contributed by atoms with Crippen LogP contribution in [0.2, 0.25) is 0 Å². The molecular formula is C13H8F2IN3O4. The predicted molar refractivity (Wildman–Crippen MR) is 84.9 cm³/mol. The van der Waals surface area contributed by atoms with E-state index in [4.69, 9.17) is 5.11 Å². The molecule has 2 aromatic rings. The Hall–Kier alpha value is -2.37. The third-order valence-electron chi connectivity index (χ3n) is 2.90. The highest BCUT2D eigenvalue weighted by atomic mass is 127. The number of nitrogens with one attached hydrogen (secondary N) is 1. The van der Waals surface area contributed by atoms with Gasteiger partial charge >= 0.3 is 11.7 Å². The molecule has 0 unspecified atom stereocenters. The topological polar surface area (TPSA) is 105 Å². The molecule has 0 bridgehead atoms. The number of hydrogen-bond acceptors (Lipinski definition) is 5. The molecule has 1 aromatic carbocycles. The number of aromatic carboxylic acids is 1. The molecular weight excluding hydrogens is 427 g/mol. The lowest BCUT2D eigenvalue weighted by molar-refractivity contribution is -0.387. The molecule has 1 heterocycles. The van der Waals surface area contributed by atoms with Gasteiger partial charge in [0.15, 0.2) is 5.82 Å². The number of nitro benzene ring substituents is 1. The van der Waals surface area contributed by atoms with Crippen LogP contribution < -0.4 is 5.32 Å². The summed E-state index contributed by atoms with van der Waals surface area (Å²) in [5, 5.41) is 22.2. The molecule has 2 rings (SSSR count). The Kier molecular flexibility index (Phi) is 4.73. The maximum atomic E-state index is 14.1. The fraction of sp³-hybridized carbons (Fsp3) is 0.0769. The number of hydrogen-bond donors (Lipinski definition) is 2. The normalized spacial score (nSPS) is 10.4. The second-order valence-corrected chi connectivity index (χ2v) is 5.70. The van der Waals surface area contributed by atoms with Crippen molar-refractivity contribution in [1.29, 1.82) is 0 Å². The standard InChI is InChI=1S/C13H8F2IN3O4/c1-5-2-6(16)4-17-12(5)18-11-7(13(20)21)3-8(19(22)23)9(14)10(11)15/h2-4H,1H3,(H,17,18)(H,20,21). The maximum absolute atomic E-state index is 14.1. The van der Waals surface area contributed by atoms with Crippen molar-refractivity contribution >= 4 is 45.8 Å². The number of rotatable bonds is 4. The van der Waals surface area contributed by atoms with E-state index in [-0.39, 0.29) is 5.82 Å². The van der Waals surface area contributed by atoms with E-state index in [1.54, 1.807) is 13.0 Å². The van der Waals surface area contributed by atoms with Crippen molar-refractivity contribution in [3.8, 4) is 0 Å². The summed E-state index contributed by atoms with van der Waals surface area (Å²) in [7, 11) is 0. The van der Waals surface area contributed by atoms with Crippen molar-refractivity contribution in [3.05, 3.63) is 54.8 Å². The van der Waals surface area contributed by atoms with Crippen LogP contribution in [0.15, 0.2) is 18.3 Å². The summed E-state index contributed by atoms with van der Waals surface area (Å²) in [6.07, 6.45) is 1.44. The molecule has 0 amide bonds. The van der Waals surface area contributed by atoms with Gasteiger partial charge in [0, 0.05) is 15.8 Å². The van der Waals surface area contributed by atoms with Gasteiger partial charge in [-0.05, 0) is 41.1 Å². The highest BCUT2D eigenvalue weighted by Gasteiger charge is 2.28. The summed E-state index contributed by atoms with van der Waals surface area (Å²) >= 11 is 2.00. The average molecular weight is 435 g/mol. The SMILES string of the molecule is Cc1cc(I)cnc1Nc1c(C(=O)O)cc([N+](=O)[O-])c(F)c1F. The molecule has 0 saturated carbocycles. The molecule has 0 aliphatic rings. The second-order valence-electron chi connectivity index (χ2n) is 4.45. The Balaban J connectivity index is 2.63. The summed E-state index contributed by atoms with van der Waals surface area (Å²) in [6.45, 7) is 1.64. The van der Waals surface area contributed by atoms with Crippen molar-refractivity contribution in [1.82, 2.24) is 4.98 Å². The van der Waals surface area contributed by atoms with Gasteiger partial charge < -0.3 is 10.4 Å². The molecule has 120 valence electrons. The summed E-state index contributed by atoms with van der Waals surface area (Å²) in [6, 6.07) is 2.15. The largest absolute Gasteiger partial charge is 0.478 e. The van der Waals surface area contributed by atoms with Crippen LogP contribution in [0.1, 0.15) is 15.9 Å². The molecule has 1 aromatic heterocycles. The predicted octanol–water partition coefficient (Wildman–Crippen LogP) is 3.62. The van der Waals surface area contributed by atoms with Crippen LogP contribution in [0.4, 0.5) is 26.0 Å². The number of nitro groups is 1. The highest BCUT2D eigenvalue weighted by Crippen LogP contribution is 2.32. The van der Waals surface area contributed by atoms with Gasteiger partial charge in [0.2, 0.25) is 5.82 Å². The Morgan fingerprint density at radius 1 is 1.39 bits per heavy atom. The molecule has 0 atom stereocenters. The molecule has 10 heteroatoms. The van der Waals surface area contributed by atoms with Gasteiger partial charge in [0.25, 0.3) is 0 Å². The van der Waals surface area contributed by atoms with Crippen LogP contribution in [0.25, 0.3) is 0 Å². The minimum atomic E-state index is -1.74. The Labute approximate surface area is 141 Å². The zero-order chi connectivity index (χ0) is 17.3.